The highest BCUT2D eigenvalue weighted by molar-refractivity contribution is 5.25. The van der Waals surface area contributed by atoms with E-state index in [9.17, 15) is 10.2 Å². The van der Waals surface area contributed by atoms with E-state index in [1.807, 2.05) is 0 Å². The van der Waals surface area contributed by atoms with E-state index in [4.69, 9.17) is 0 Å². The van der Waals surface area contributed by atoms with Gasteiger partial charge in [0.05, 0.1) is 12.2 Å². The first-order valence-corrected chi connectivity index (χ1v) is 12.6. The standard InChI is InChI=1S/C26H43NO2/c1-16(22-6-4-5-13-27-22)24-23(29)15-21-19-8-7-17-14-18(28)9-11-25(17,2)20(19)10-12-26(21,24)3/h7,16,18-24,27-29H,4-6,8-15H2,1-3H3/t16-,18+,19+,20+,21-,22+,23+,24+,25+,26+/m1/s1. The van der Waals surface area contributed by atoms with E-state index >= 15 is 0 Å². The molecule has 0 aromatic rings. The van der Waals surface area contributed by atoms with Gasteiger partial charge in [0.25, 0.3) is 0 Å². The largest absolute Gasteiger partial charge is 0.393 e. The first-order valence-electron chi connectivity index (χ1n) is 12.6. The predicted octanol–water partition coefficient (Wildman–Crippen LogP) is 4.68. The second kappa shape index (κ2) is 7.35. The van der Waals surface area contributed by atoms with Crippen LogP contribution in [0.25, 0.3) is 0 Å². The Balaban J connectivity index is 1.41. The molecule has 1 saturated heterocycles. The van der Waals surface area contributed by atoms with Crippen LogP contribution in [-0.2, 0) is 0 Å². The summed E-state index contributed by atoms with van der Waals surface area (Å²) in [5.74, 6) is 3.14. The molecule has 0 amide bonds. The predicted molar refractivity (Wildman–Crippen MR) is 117 cm³/mol. The molecule has 3 saturated carbocycles. The van der Waals surface area contributed by atoms with E-state index in [2.05, 4.69) is 32.2 Å². The topological polar surface area (TPSA) is 52.5 Å². The van der Waals surface area contributed by atoms with Gasteiger partial charge in [0.15, 0.2) is 0 Å². The molecular weight excluding hydrogens is 358 g/mol. The fraction of sp³-hybridized carbons (Fsp3) is 0.923. The molecule has 0 radical (unpaired) electrons. The molecule has 29 heavy (non-hydrogen) atoms. The molecular formula is C26H43NO2. The van der Waals surface area contributed by atoms with Gasteiger partial charge in [-0.1, -0.05) is 38.8 Å². The van der Waals surface area contributed by atoms with Crippen LogP contribution in [0.5, 0.6) is 0 Å². The number of piperidine rings is 1. The first kappa shape index (κ1) is 20.5. The molecule has 0 aromatic heterocycles. The summed E-state index contributed by atoms with van der Waals surface area (Å²) < 4.78 is 0. The molecule has 1 aliphatic heterocycles. The van der Waals surface area contributed by atoms with Crippen LogP contribution in [0.4, 0.5) is 0 Å². The molecule has 164 valence electrons. The number of hydrogen-bond acceptors (Lipinski definition) is 3. The van der Waals surface area contributed by atoms with E-state index in [-0.39, 0.29) is 17.6 Å². The molecule has 4 fully saturated rings. The van der Waals surface area contributed by atoms with E-state index < -0.39 is 0 Å². The number of allylic oxidation sites excluding steroid dienone is 1. The maximum Gasteiger partial charge on any atom is 0.0579 e. The number of nitrogens with one attached hydrogen (secondary N) is 1. The maximum absolute atomic E-state index is 11.3. The van der Waals surface area contributed by atoms with Crippen LogP contribution in [-0.4, -0.2) is 35.0 Å². The molecule has 1 heterocycles. The summed E-state index contributed by atoms with van der Waals surface area (Å²) in [5.41, 5.74) is 2.13. The lowest BCUT2D eigenvalue weighted by Crippen LogP contribution is -2.52. The van der Waals surface area contributed by atoms with Gasteiger partial charge in [0, 0.05) is 6.04 Å². The molecule has 0 unspecified atom stereocenters. The zero-order valence-corrected chi connectivity index (χ0v) is 18.9. The Morgan fingerprint density at radius 2 is 1.90 bits per heavy atom. The van der Waals surface area contributed by atoms with Crippen molar-refractivity contribution < 1.29 is 10.2 Å². The van der Waals surface area contributed by atoms with Crippen LogP contribution in [0.1, 0.15) is 85.0 Å². The van der Waals surface area contributed by atoms with Gasteiger partial charge in [0.1, 0.15) is 0 Å². The molecule has 3 heteroatoms. The molecule has 10 atom stereocenters. The van der Waals surface area contributed by atoms with Crippen molar-refractivity contribution in [2.24, 2.45) is 40.4 Å². The SMILES string of the molecule is C[C@@H]([C@H]1[C@@H](O)C[C@@H]2[C@H]3CC=C4C[C@@H](O)CC[C@]4(C)[C@H]3CC[C@]12C)[C@@H]1CCCCN1. The van der Waals surface area contributed by atoms with E-state index in [1.54, 1.807) is 5.57 Å². The van der Waals surface area contributed by atoms with Crippen molar-refractivity contribution >= 4 is 0 Å². The number of hydrogen-bond donors (Lipinski definition) is 3. The minimum Gasteiger partial charge on any atom is -0.393 e. The van der Waals surface area contributed by atoms with Crippen LogP contribution >= 0.6 is 0 Å². The third-order valence-electron chi connectivity index (χ3n) is 10.7. The van der Waals surface area contributed by atoms with Crippen molar-refractivity contribution in [1.29, 1.82) is 0 Å². The minimum absolute atomic E-state index is 0.124. The lowest BCUT2D eigenvalue weighted by atomic mass is 9.47. The summed E-state index contributed by atoms with van der Waals surface area (Å²) in [7, 11) is 0. The molecule has 5 aliphatic rings. The summed E-state index contributed by atoms with van der Waals surface area (Å²) in [5, 5.41) is 25.3. The summed E-state index contributed by atoms with van der Waals surface area (Å²) in [6, 6.07) is 0.590. The number of aliphatic hydroxyl groups is 2. The molecule has 3 nitrogen and oxygen atoms in total. The summed E-state index contributed by atoms with van der Waals surface area (Å²) >= 11 is 0. The van der Waals surface area contributed by atoms with Gasteiger partial charge in [-0.05, 0) is 105 Å². The van der Waals surface area contributed by atoms with Gasteiger partial charge in [-0.3, -0.25) is 0 Å². The quantitative estimate of drug-likeness (QED) is 0.589. The fourth-order valence-corrected chi connectivity index (χ4v) is 9.22. The Hall–Kier alpha value is -0.380. The summed E-state index contributed by atoms with van der Waals surface area (Å²) in [4.78, 5) is 0. The van der Waals surface area contributed by atoms with Gasteiger partial charge < -0.3 is 15.5 Å². The Labute approximate surface area is 177 Å². The van der Waals surface area contributed by atoms with Crippen molar-refractivity contribution in [3.8, 4) is 0 Å². The van der Waals surface area contributed by atoms with Crippen molar-refractivity contribution in [3.05, 3.63) is 11.6 Å². The molecule has 0 bridgehead atoms. The molecule has 4 aliphatic carbocycles. The molecule has 5 rings (SSSR count). The number of rotatable bonds is 2. The van der Waals surface area contributed by atoms with Crippen LogP contribution in [0.15, 0.2) is 11.6 Å². The Morgan fingerprint density at radius 1 is 1.07 bits per heavy atom. The van der Waals surface area contributed by atoms with Gasteiger partial charge in [-0.15, -0.1) is 0 Å². The molecule has 3 N–H and O–H groups in total. The van der Waals surface area contributed by atoms with E-state index in [1.165, 1.54) is 38.5 Å². The van der Waals surface area contributed by atoms with Crippen LogP contribution in [0, 0.1) is 40.4 Å². The van der Waals surface area contributed by atoms with Crippen LogP contribution < -0.4 is 5.32 Å². The van der Waals surface area contributed by atoms with Gasteiger partial charge in [-0.25, -0.2) is 0 Å². The highest BCUT2D eigenvalue weighted by Crippen LogP contribution is 2.67. The van der Waals surface area contributed by atoms with Crippen molar-refractivity contribution in [2.45, 2.75) is 103 Å². The average Bonchev–Trinajstić information content (AvgIpc) is 2.99. The van der Waals surface area contributed by atoms with Gasteiger partial charge >= 0.3 is 0 Å². The van der Waals surface area contributed by atoms with Gasteiger partial charge in [0.2, 0.25) is 0 Å². The Bertz CT molecular complexity index is 655. The third-order valence-corrected chi connectivity index (χ3v) is 10.7. The maximum atomic E-state index is 11.3. The molecule has 0 spiro atoms. The normalized spacial score (nSPS) is 53.4. The van der Waals surface area contributed by atoms with Crippen LogP contribution in [0.3, 0.4) is 0 Å². The Morgan fingerprint density at radius 3 is 2.66 bits per heavy atom. The van der Waals surface area contributed by atoms with Gasteiger partial charge in [-0.2, -0.15) is 0 Å². The minimum atomic E-state index is -0.131. The van der Waals surface area contributed by atoms with Crippen LogP contribution in [0.2, 0.25) is 0 Å². The summed E-state index contributed by atoms with van der Waals surface area (Å²) in [6.07, 6.45) is 14.0. The zero-order chi connectivity index (χ0) is 20.4. The highest BCUT2D eigenvalue weighted by atomic mass is 16.3. The van der Waals surface area contributed by atoms with Crippen molar-refractivity contribution in [3.63, 3.8) is 0 Å². The smallest absolute Gasteiger partial charge is 0.0579 e. The lowest BCUT2D eigenvalue weighted by molar-refractivity contribution is -0.0651. The van der Waals surface area contributed by atoms with Crippen molar-refractivity contribution in [2.75, 3.05) is 6.54 Å². The monoisotopic (exact) mass is 401 g/mol. The Kier molecular flexibility index (Phi) is 5.20. The highest BCUT2D eigenvalue weighted by Gasteiger charge is 2.62. The fourth-order valence-electron chi connectivity index (χ4n) is 9.22. The van der Waals surface area contributed by atoms with E-state index in [0.717, 1.165) is 44.1 Å². The third kappa shape index (κ3) is 3.09. The second-order valence-electron chi connectivity index (χ2n) is 11.9. The van der Waals surface area contributed by atoms with Crippen molar-refractivity contribution in [1.82, 2.24) is 5.32 Å². The lowest BCUT2D eigenvalue weighted by Gasteiger charge is -2.58. The summed E-state index contributed by atoms with van der Waals surface area (Å²) in [6.45, 7) is 8.63. The second-order valence-corrected chi connectivity index (χ2v) is 11.9. The average molecular weight is 402 g/mol. The van der Waals surface area contributed by atoms with E-state index in [0.29, 0.717) is 29.2 Å². The number of fused-ring (bicyclic) bond motifs is 5. The first-order chi connectivity index (χ1) is 13.8. The molecule has 0 aromatic carbocycles. The number of aliphatic hydroxyl groups excluding tert-OH is 2. The zero-order valence-electron chi connectivity index (χ0n) is 18.9.